The van der Waals surface area contributed by atoms with Crippen LogP contribution in [0.5, 0.6) is 0 Å². The molecule has 3 aromatic rings. The predicted octanol–water partition coefficient (Wildman–Crippen LogP) is 5.12. The third-order valence-electron chi connectivity index (χ3n) is 5.52. The summed E-state index contributed by atoms with van der Waals surface area (Å²) >= 11 is 0. The molecule has 0 radical (unpaired) electrons. The Morgan fingerprint density at radius 2 is 1.91 bits per heavy atom. The molecule has 1 aromatic carbocycles. The number of carbonyl (C=O) groups is 1. The maximum absolute atomic E-state index is 14.7. The Morgan fingerprint density at radius 3 is 2.53 bits per heavy atom. The zero-order chi connectivity index (χ0) is 24.7. The largest absolute Gasteiger partial charge is 0.459 e. The molecule has 1 N–H and O–H groups in total. The molecule has 0 bridgehead atoms. The van der Waals surface area contributed by atoms with Gasteiger partial charge in [-0.2, -0.15) is 0 Å². The fourth-order valence-electron chi connectivity index (χ4n) is 3.99. The highest BCUT2D eigenvalue weighted by atomic mass is 32.2. The highest BCUT2D eigenvalue weighted by Crippen LogP contribution is 2.34. The number of benzene rings is 1. The van der Waals surface area contributed by atoms with E-state index in [-0.39, 0.29) is 23.3 Å². The Morgan fingerprint density at radius 1 is 1.21 bits per heavy atom. The number of piperidine rings is 1. The Hall–Kier alpha value is -3.14. The van der Waals surface area contributed by atoms with Gasteiger partial charge in [-0.25, -0.2) is 17.6 Å². The lowest BCUT2D eigenvalue weighted by atomic mass is 9.94. The molecule has 1 fully saturated rings. The summed E-state index contributed by atoms with van der Waals surface area (Å²) in [5, 5.41) is 0.798. The second-order valence-electron chi connectivity index (χ2n) is 9.57. The van der Waals surface area contributed by atoms with E-state index in [4.69, 9.17) is 9.15 Å². The van der Waals surface area contributed by atoms with Gasteiger partial charge in [-0.3, -0.25) is 9.71 Å². The molecular formula is C24H28FN3O5S. The SMILES string of the molecule is CC(C)(C)OC(=O)N1CCC(c2cc3cc(-c4ccc(NS(C)(=O)=O)cc4F)ncc3o2)CC1. The molecule has 0 spiro atoms. The van der Waals surface area contributed by atoms with E-state index in [1.807, 2.05) is 26.8 Å². The summed E-state index contributed by atoms with van der Waals surface area (Å²) < 4.78 is 51.1. The van der Waals surface area contributed by atoms with Gasteiger partial charge in [0.2, 0.25) is 10.0 Å². The van der Waals surface area contributed by atoms with Crippen molar-refractivity contribution < 1.29 is 26.8 Å². The predicted molar refractivity (Wildman–Crippen MR) is 128 cm³/mol. The van der Waals surface area contributed by atoms with Crippen molar-refractivity contribution >= 4 is 32.8 Å². The molecule has 2 aromatic heterocycles. The summed E-state index contributed by atoms with van der Waals surface area (Å²) in [5.41, 5.74) is 0.899. The molecule has 1 amide bonds. The van der Waals surface area contributed by atoms with Crippen LogP contribution in [-0.2, 0) is 14.8 Å². The Balaban J connectivity index is 1.49. The van der Waals surface area contributed by atoms with Gasteiger partial charge in [0.1, 0.15) is 17.2 Å². The van der Waals surface area contributed by atoms with E-state index in [2.05, 4.69) is 9.71 Å². The monoisotopic (exact) mass is 489 g/mol. The van der Waals surface area contributed by atoms with Gasteiger partial charge in [0.15, 0.2) is 5.58 Å². The van der Waals surface area contributed by atoms with Crippen molar-refractivity contribution in [1.82, 2.24) is 9.88 Å². The van der Waals surface area contributed by atoms with Gasteiger partial charge in [0.25, 0.3) is 0 Å². The summed E-state index contributed by atoms with van der Waals surface area (Å²) in [7, 11) is -3.50. The number of furan rings is 1. The van der Waals surface area contributed by atoms with Crippen molar-refractivity contribution in [3.63, 3.8) is 0 Å². The number of rotatable bonds is 4. The highest BCUT2D eigenvalue weighted by molar-refractivity contribution is 7.92. The minimum Gasteiger partial charge on any atom is -0.459 e. The molecule has 10 heteroatoms. The number of ether oxygens (including phenoxy) is 1. The number of aromatic nitrogens is 1. The summed E-state index contributed by atoms with van der Waals surface area (Å²) in [6, 6.07) is 7.79. The smallest absolute Gasteiger partial charge is 0.410 e. The van der Waals surface area contributed by atoms with Crippen LogP contribution in [0.25, 0.3) is 22.2 Å². The number of nitrogens with one attached hydrogen (secondary N) is 1. The fourth-order valence-corrected chi connectivity index (χ4v) is 4.54. The van der Waals surface area contributed by atoms with E-state index in [0.717, 1.165) is 36.3 Å². The average molecular weight is 490 g/mol. The quantitative estimate of drug-likeness (QED) is 0.546. The zero-order valence-electron chi connectivity index (χ0n) is 19.6. The van der Waals surface area contributed by atoms with Crippen LogP contribution in [0.2, 0.25) is 0 Å². The van der Waals surface area contributed by atoms with Crippen molar-refractivity contribution in [2.24, 2.45) is 0 Å². The topological polar surface area (TPSA) is 102 Å². The molecule has 0 aliphatic carbocycles. The molecule has 1 saturated heterocycles. The van der Waals surface area contributed by atoms with Crippen LogP contribution in [0.4, 0.5) is 14.9 Å². The Kier molecular flexibility index (Phi) is 6.28. The summed E-state index contributed by atoms with van der Waals surface area (Å²) in [5.74, 6) is 0.386. The zero-order valence-corrected chi connectivity index (χ0v) is 20.4. The molecule has 0 saturated carbocycles. The Labute approximate surface area is 198 Å². The molecule has 182 valence electrons. The van der Waals surface area contributed by atoms with Gasteiger partial charge in [-0.1, -0.05) is 0 Å². The van der Waals surface area contributed by atoms with Gasteiger partial charge < -0.3 is 14.1 Å². The first kappa shape index (κ1) is 24.0. The van der Waals surface area contributed by atoms with E-state index in [9.17, 15) is 17.6 Å². The van der Waals surface area contributed by atoms with Crippen LogP contribution in [0.3, 0.4) is 0 Å². The number of nitrogens with zero attached hydrogens (tertiary/aromatic N) is 2. The number of halogens is 1. The molecular weight excluding hydrogens is 461 g/mol. The molecule has 0 unspecified atom stereocenters. The van der Waals surface area contributed by atoms with Crippen molar-refractivity contribution in [2.45, 2.75) is 45.1 Å². The first-order valence-electron chi connectivity index (χ1n) is 11.0. The third kappa shape index (κ3) is 5.67. The summed E-state index contributed by atoms with van der Waals surface area (Å²) in [4.78, 5) is 18.3. The number of sulfonamides is 1. The van der Waals surface area contributed by atoms with E-state index in [0.29, 0.717) is 24.4 Å². The normalized spacial score (nSPS) is 15.5. The Bertz CT molecular complexity index is 1320. The molecule has 8 nitrogen and oxygen atoms in total. The summed E-state index contributed by atoms with van der Waals surface area (Å²) in [6.45, 7) is 6.71. The lowest BCUT2D eigenvalue weighted by Crippen LogP contribution is -2.41. The van der Waals surface area contributed by atoms with Crippen LogP contribution in [0.1, 0.15) is 45.3 Å². The lowest BCUT2D eigenvalue weighted by molar-refractivity contribution is 0.0200. The van der Waals surface area contributed by atoms with Gasteiger partial charge >= 0.3 is 6.09 Å². The maximum Gasteiger partial charge on any atom is 0.410 e. The number of anilines is 1. The number of fused-ring (bicyclic) bond motifs is 1. The van der Waals surface area contributed by atoms with Gasteiger partial charge in [0.05, 0.1) is 23.8 Å². The lowest BCUT2D eigenvalue weighted by Gasteiger charge is -2.32. The first-order valence-corrected chi connectivity index (χ1v) is 12.9. The molecule has 3 heterocycles. The van der Waals surface area contributed by atoms with Crippen LogP contribution in [0, 0.1) is 5.82 Å². The number of amides is 1. The standard InChI is InChI=1S/C24H28FN3O5S/c1-24(2,3)33-23(29)28-9-7-15(8-10-28)21-12-16-11-20(26-14-22(16)32-21)18-6-5-17(13-19(18)25)27-34(4,30)31/h5-6,11-15,27H,7-10H2,1-4H3. The first-order chi connectivity index (χ1) is 15.9. The third-order valence-corrected chi connectivity index (χ3v) is 6.13. The second kappa shape index (κ2) is 8.90. The van der Waals surface area contributed by atoms with Gasteiger partial charge in [-0.15, -0.1) is 0 Å². The minimum absolute atomic E-state index is 0.146. The highest BCUT2D eigenvalue weighted by Gasteiger charge is 2.29. The summed E-state index contributed by atoms with van der Waals surface area (Å²) in [6.07, 6.45) is 3.77. The number of hydrogen-bond acceptors (Lipinski definition) is 6. The molecule has 4 rings (SSSR count). The van der Waals surface area contributed by atoms with E-state index >= 15 is 0 Å². The number of pyridine rings is 1. The molecule has 0 atom stereocenters. The maximum atomic E-state index is 14.7. The molecule has 1 aliphatic rings. The van der Waals surface area contributed by atoms with E-state index < -0.39 is 21.4 Å². The average Bonchev–Trinajstić information content (AvgIpc) is 3.15. The number of likely N-dealkylation sites (tertiary alicyclic amines) is 1. The number of hydrogen-bond donors (Lipinski definition) is 1. The van der Waals surface area contributed by atoms with Gasteiger partial charge in [-0.05, 0) is 63.9 Å². The second-order valence-corrected chi connectivity index (χ2v) is 11.3. The van der Waals surface area contributed by atoms with Crippen LogP contribution in [0.15, 0.2) is 40.9 Å². The number of carbonyl (C=O) groups excluding carboxylic acids is 1. The van der Waals surface area contributed by atoms with Crippen LogP contribution < -0.4 is 4.72 Å². The molecule has 1 aliphatic heterocycles. The fraction of sp³-hybridized carbons (Fsp3) is 0.417. The van der Waals surface area contributed by atoms with Crippen molar-refractivity contribution in [3.8, 4) is 11.3 Å². The van der Waals surface area contributed by atoms with Crippen LogP contribution >= 0.6 is 0 Å². The van der Waals surface area contributed by atoms with Gasteiger partial charge in [0, 0.05) is 30.0 Å². The van der Waals surface area contributed by atoms with Crippen LogP contribution in [-0.4, -0.2) is 49.3 Å². The van der Waals surface area contributed by atoms with E-state index in [1.54, 1.807) is 17.2 Å². The minimum atomic E-state index is -3.50. The van der Waals surface area contributed by atoms with Crippen molar-refractivity contribution in [2.75, 3.05) is 24.1 Å². The van der Waals surface area contributed by atoms with Crippen molar-refractivity contribution in [1.29, 1.82) is 0 Å². The molecule has 34 heavy (non-hydrogen) atoms. The van der Waals surface area contributed by atoms with Crippen molar-refractivity contribution in [3.05, 3.63) is 48.1 Å². The van der Waals surface area contributed by atoms with E-state index in [1.165, 1.54) is 12.1 Å².